The monoisotopic (exact) mass is 387 g/mol. The van der Waals surface area contributed by atoms with Gasteiger partial charge in [0, 0.05) is 23.9 Å². The molecule has 2 heterocycles. The smallest absolute Gasteiger partial charge is 0.270 e. The molecule has 6 nitrogen and oxygen atoms in total. The van der Waals surface area contributed by atoms with Crippen LogP contribution in [0.25, 0.3) is 11.4 Å². The summed E-state index contributed by atoms with van der Waals surface area (Å²) in [5, 5.41) is 6.42. The van der Waals surface area contributed by atoms with Crippen LogP contribution in [0.5, 0.6) is 0 Å². The standard InChI is InChI=1S/C23H25N5O/c29-23(26-18-11-5-2-6-12-18)20-15-21(25-16-19-13-7-8-14-24-19)28-22(27-20)17-9-3-1-4-10-17/h1,3-4,7-10,13-15,18H,2,5-6,11-12,16H2,(H,26,29)(H,25,27,28). The van der Waals surface area contributed by atoms with E-state index in [0.29, 0.717) is 23.9 Å². The molecule has 29 heavy (non-hydrogen) atoms. The van der Waals surface area contributed by atoms with E-state index in [9.17, 15) is 4.79 Å². The fraction of sp³-hybridized carbons (Fsp3) is 0.304. The van der Waals surface area contributed by atoms with Crippen LogP contribution >= 0.6 is 0 Å². The molecule has 1 fully saturated rings. The fourth-order valence-corrected chi connectivity index (χ4v) is 3.56. The predicted octanol–water partition coefficient (Wildman–Crippen LogP) is 4.21. The lowest BCUT2D eigenvalue weighted by Gasteiger charge is -2.22. The summed E-state index contributed by atoms with van der Waals surface area (Å²) in [5.74, 6) is 1.00. The van der Waals surface area contributed by atoms with Gasteiger partial charge in [-0.15, -0.1) is 0 Å². The number of aromatic nitrogens is 3. The van der Waals surface area contributed by atoms with Gasteiger partial charge in [0.05, 0.1) is 12.2 Å². The van der Waals surface area contributed by atoms with Gasteiger partial charge in [-0.05, 0) is 25.0 Å². The number of anilines is 1. The van der Waals surface area contributed by atoms with Gasteiger partial charge in [0.15, 0.2) is 5.82 Å². The van der Waals surface area contributed by atoms with Crippen LogP contribution in [-0.2, 0) is 6.54 Å². The van der Waals surface area contributed by atoms with Crippen LogP contribution in [-0.4, -0.2) is 26.9 Å². The van der Waals surface area contributed by atoms with Gasteiger partial charge < -0.3 is 10.6 Å². The molecule has 0 bridgehead atoms. The Hall–Kier alpha value is -3.28. The van der Waals surface area contributed by atoms with Crippen LogP contribution in [0.3, 0.4) is 0 Å². The van der Waals surface area contributed by atoms with Gasteiger partial charge in [-0.2, -0.15) is 0 Å². The van der Waals surface area contributed by atoms with Crippen LogP contribution in [0.2, 0.25) is 0 Å². The zero-order valence-electron chi connectivity index (χ0n) is 16.3. The highest BCUT2D eigenvalue weighted by atomic mass is 16.1. The number of pyridine rings is 1. The van der Waals surface area contributed by atoms with Crippen molar-refractivity contribution in [3.63, 3.8) is 0 Å². The Labute approximate surface area is 170 Å². The van der Waals surface area contributed by atoms with Crippen LogP contribution in [0.4, 0.5) is 5.82 Å². The number of amides is 1. The molecule has 2 aromatic heterocycles. The molecule has 0 radical (unpaired) electrons. The minimum Gasteiger partial charge on any atom is -0.364 e. The molecular weight excluding hydrogens is 362 g/mol. The predicted molar refractivity (Wildman–Crippen MR) is 113 cm³/mol. The van der Waals surface area contributed by atoms with E-state index in [-0.39, 0.29) is 11.9 Å². The average molecular weight is 387 g/mol. The Morgan fingerprint density at radius 3 is 2.52 bits per heavy atom. The van der Waals surface area contributed by atoms with E-state index in [1.54, 1.807) is 12.3 Å². The van der Waals surface area contributed by atoms with Gasteiger partial charge in [0.2, 0.25) is 0 Å². The molecule has 0 saturated heterocycles. The number of carbonyl (C=O) groups is 1. The molecule has 0 spiro atoms. The number of hydrogen-bond acceptors (Lipinski definition) is 5. The van der Waals surface area contributed by atoms with Crippen molar-refractivity contribution in [3.8, 4) is 11.4 Å². The summed E-state index contributed by atoms with van der Waals surface area (Å²) in [7, 11) is 0. The van der Waals surface area contributed by atoms with Crippen LogP contribution < -0.4 is 10.6 Å². The van der Waals surface area contributed by atoms with E-state index < -0.39 is 0 Å². The van der Waals surface area contributed by atoms with E-state index in [2.05, 4.69) is 25.6 Å². The van der Waals surface area contributed by atoms with Gasteiger partial charge >= 0.3 is 0 Å². The first kappa shape index (κ1) is 19.1. The molecule has 0 aliphatic heterocycles. The number of carbonyl (C=O) groups excluding carboxylic acids is 1. The van der Waals surface area contributed by atoms with Crippen LogP contribution in [0.15, 0.2) is 60.8 Å². The van der Waals surface area contributed by atoms with Crippen LogP contribution in [0, 0.1) is 0 Å². The highest BCUT2D eigenvalue weighted by molar-refractivity contribution is 5.93. The molecule has 1 aromatic carbocycles. The lowest BCUT2D eigenvalue weighted by molar-refractivity contribution is 0.0922. The highest BCUT2D eigenvalue weighted by Gasteiger charge is 2.19. The molecule has 2 N–H and O–H groups in total. The first-order valence-corrected chi connectivity index (χ1v) is 10.2. The van der Waals surface area contributed by atoms with Crippen LogP contribution in [0.1, 0.15) is 48.3 Å². The van der Waals surface area contributed by atoms with Crippen molar-refractivity contribution >= 4 is 11.7 Å². The van der Waals surface area contributed by atoms with Crippen molar-refractivity contribution in [1.82, 2.24) is 20.3 Å². The van der Waals surface area contributed by atoms with Gasteiger partial charge in [-0.25, -0.2) is 9.97 Å². The summed E-state index contributed by atoms with van der Waals surface area (Å²) in [6.45, 7) is 0.524. The van der Waals surface area contributed by atoms with Gasteiger partial charge in [-0.1, -0.05) is 55.7 Å². The van der Waals surface area contributed by atoms with E-state index in [4.69, 9.17) is 0 Å². The quantitative estimate of drug-likeness (QED) is 0.662. The molecular formula is C23H25N5O. The molecule has 148 valence electrons. The molecule has 6 heteroatoms. The molecule has 1 aliphatic carbocycles. The average Bonchev–Trinajstić information content (AvgIpc) is 2.79. The zero-order chi connectivity index (χ0) is 19.9. The topological polar surface area (TPSA) is 79.8 Å². The van der Waals surface area contributed by atoms with Crippen molar-refractivity contribution in [2.24, 2.45) is 0 Å². The molecule has 1 aliphatic rings. The van der Waals surface area contributed by atoms with Gasteiger partial charge in [-0.3, -0.25) is 9.78 Å². The van der Waals surface area contributed by atoms with Crippen molar-refractivity contribution in [1.29, 1.82) is 0 Å². The number of rotatable bonds is 6. The summed E-state index contributed by atoms with van der Waals surface area (Å²) in [5.41, 5.74) is 2.16. The summed E-state index contributed by atoms with van der Waals surface area (Å²) < 4.78 is 0. The number of nitrogens with zero attached hydrogens (tertiary/aromatic N) is 3. The lowest BCUT2D eigenvalue weighted by Crippen LogP contribution is -2.36. The maximum absolute atomic E-state index is 12.9. The van der Waals surface area contributed by atoms with E-state index in [1.807, 2.05) is 48.5 Å². The second kappa shape index (κ2) is 9.28. The number of benzene rings is 1. The normalized spacial score (nSPS) is 14.3. The van der Waals surface area contributed by atoms with Crippen molar-refractivity contribution in [2.45, 2.75) is 44.7 Å². The molecule has 1 saturated carbocycles. The Kier molecular flexibility index (Phi) is 6.10. The molecule has 4 rings (SSSR count). The van der Waals surface area contributed by atoms with Crippen molar-refractivity contribution < 1.29 is 4.79 Å². The minimum absolute atomic E-state index is 0.141. The van der Waals surface area contributed by atoms with Crippen molar-refractivity contribution in [2.75, 3.05) is 5.32 Å². The number of nitrogens with one attached hydrogen (secondary N) is 2. The first-order chi connectivity index (χ1) is 14.3. The molecule has 1 amide bonds. The number of hydrogen-bond donors (Lipinski definition) is 2. The second-order valence-electron chi connectivity index (χ2n) is 7.31. The Bertz CT molecular complexity index is 940. The summed E-state index contributed by atoms with van der Waals surface area (Å²) >= 11 is 0. The van der Waals surface area contributed by atoms with Gasteiger partial charge in [0.25, 0.3) is 5.91 Å². The SMILES string of the molecule is O=C(NC1CCCCC1)c1cc(NCc2ccccn2)nc(-c2ccccc2)n1. The second-order valence-corrected chi connectivity index (χ2v) is 7.31. The summed E-state index contributed by atoms with van der Waals surface area (Å²) in [6, 6.07) is 17.4. The molecule has 3 aromatic rings. The molecule has 0 atom stereocenters. The Morgan fingerprint density at radius 2 is 1.76 bits per heavy atom. The van der Waals surface area contributed by atoms with Gasteiger partial charge in [0.1, 0.15) is 11.5 Å². The zero-order valence-corrected chi connectivity index (χ0v) is 16.3. The lowest BCUT2D eigenvalue weighted by atomic mass is 9.95. The molecule has 0 unspecified atom stereocenters. The van der Waals surface area contributed by atoms with E-state index in [0.717, 1.165) is 24.1 Å². The summed E-state index contributed by atoms with van der Waals surface area (Å²) in [6.07, 6.45) is 7.41. The van der Waals surface area contributed by atoms with E-state index in [1.165, 1.54) is 19.3 Å². The summed E-state index contributed by atoms with van der Waals surface area (Å²) in [4.78, 5) is 26.4. The third-order valence-electron chi connectivity index (χ3n) is 5.11. The largest absolute Gasteiger partial charge is 0.364 e. The maximum Gasteiger partial charge on any atom is 0.270 e. The Morgan fingerprint density at radius 1 is 0.966 bits per heavy atom. The first-order valence-electron chi connectivity index (χ1n) is 10.2. The maximum atomic E-state index is 12.9. The van der Waals surface area contributed by atoms with E-state index >= 15 is 0 Å². The third kappa shape index (κ3) is 5.16. The Balaban J connectivity index is 1.58. The van der Waals surface area contributed by atoms with Crippen molar-refractivity contribution in [3.05, 3.63) is 72.2 Å². The third-order valence-corrected chi connectivity index (χ3v) is 5.11. The highest BCUT2D eigenvalue weighted by Crippen LogP contribution is 2.20. The minimum atomic E-state index is -0.141. The fourth-order valence-electron chi connectivity index (χ4n) is 3.56.